The largest absolute Gasteiger partial charge is 0.113 e. The molecule has 21 heavy (non-hydrogen) atoms. The number of fused-ring (bicyclic) bond motifs is 1. The number of benzene rings is 3. The van der Waals surface area contributed by atoms with Gasteiger partial charge in [-0.3, -0.25) is 0 Å². The zero-order valence-electron chi connectivity index (χ0n) is 11.4. The Bertz CT molecular complexity index is 811. The SMILES string of the molecule is Cc1cc(C(Cl)c2ccc(Cl)c3ccccc23)ccc1Br. The lowest BCUT2D eigenvalue weighted by Crippen LogP contribution is -1.96. The topological polar surface area (TPSA) is 0 Å². The molecule has 106 valence electrons. The first-order valence-corrected chi connectivity index (χ1v) is 8.26. The van der Waals surface area contributed by atoms with Gasteiger partial charge >= 0.3 is 0 Å². The molecule has 0 aliphatic heterocycles. The Morgan fingerprint density at radius 3 is 2.38 bits per heavy atom. The van der Waals surface area contributed by atoms with Crippen molar-refractivity contribution in [1.82, 2.24) is 0 Å². The van der Waals surface area contributed by atoms with Crippen molar-refractivity contribution in [3.05, 3.63) is 80.8 Å². The summed E-state index contributed by atoms with van der Waals surface area (Å²) in [6.07, 6.45) is 0. The molecule has 0 fully saturated rings. The van der Waals surface area contributed by atoms with Crippen LogP contribution in [-0.4, -0.2) is 0 Å². The fourth-order valence-electron chi connectivity index (χ4n) is 2.51. The van der Waals surface area contributed by atoms with E-state index in [1.165, 1.54) is 5.56 Å². The molecular formula is C18H13BrCl2. The van der Waals surface area contributed by atoms with E-state index in [0.717, 1.165) is 31.4 Å². The van der Waals surface area contributed by atoms with Gasteiger partial charge in [0.15, 0.2) is 0 Å². The van der Waals surface area contributed by atoms with Crippen molar-refractivity contribution >= 4 is 49.9 Å². The highest BCUT2D eigenvalue weighted by Crippen LogP contribution is 2.37. The average molecular weight is 380 g/mol. The van der Waals surface area contributed by atoms with E-state index >= 15 is 0 Å². The molecule has 0 N–H and O–H groups in total. The Hall–Kier alpha value is -1.02. The van der Waals surface area contributed by atoms with E-state index in [0.29, 0.717) is 0 Å². The monoisotopic (exact) mass is 378 g/mol. The first-order chi connectivity index (χ1) is 10.1. The first kappa shape index (κ1) is 14.9. The summed E-state index contributed by atoms with van der Waals surface area (Å²) in [5.74, 6) is 0. The van der Waals surface area contributed by atoms with Gasteiger partial charge in [0.25, 0.3) is 0 Å². The van der Waals surface area contributed by atoms with Crippen molar-refractivity contribution in [2.75, 3.05) is 0 Å². The highest BCUT2D eigenvalue weighted by molar-refractivity contribution is 9.10. The molecule has 3 aromatic rings. The maximum atomic E-state index is 6.73. The van der Waals surface area contributed by atoms with Crippen LogP contribution in [0.5, 0.6) is 0 Å². The lowest BCUT2D eigenvalue weighted by Gasteiger charge is -2.15. The van der Waals surface area contributed by atoms with Crippen LogP contribution in [0.1, 0.15) is 22.1 Å². The molecule has 1 unspecified atom stereocenters. The molecule has 0 aromatic heterocycles. The van der Waals surface area contributed by atoms with E-state index in [-0.39, 0.29) is 5.38 Å². The van der Waals surface area contributed by atoms with Gasteiger partial charge in [-0.25, -0.2) is 0 Å². The summed E-state index contributed by atoms with van der Waals surface area (Å²) in [5, 5.41) is 2.70. The summed E-state index contributed by atoms with van der Waals surface area (Å²) in [6, 6.07) is 18.2. The van der Waals surface area contributed by atoms with Gasteiger partial charge in [-0.05, 0) is 41.1 Å². The number of halogens is 3. The molecule has 3 aromatic carbocycles. The second kappa shape index (κ2) is 6.00. The Kier molecular flexibility index (Phi) is 4.26. The molecule has 3 heteroatoms. The van der Waals surface area contributed by atoms with Gasteiger partial charge in [0, 0.05) is 14.9 Å². The van der Waals surface area contributed by atoms with Crippen LogP contribution in [0.3, 0.4) is 0 Å². The molecule has 0 aliphatic rings. The first-order valence-electron chi connectivity index (χ1n) is 6.65. The third-order valence-electron chi connectivity index (χ3n) is 3.65. The standard InChI is InChI=1S/C18H13BrCl2/c1-11-10-12(6-8-16(11)19)18(21)15-7-9-17(20)14-5-3-2-4-13(14)15/h2-10,18H,1H3. The van der Waals surface area contributed by atoms with Crippen LogP contribution in [0.15, 0.2) is 59.1 Å². The second-order valence-electron chi connectivity index (χ2n) is 5.05. The molecular weight excluding hydrogens is 367 g/mol. The number of rotatable bonds is 2. The van der Waals surface area contributed by atoms with Crippen LogP contribution < -0.4 is 0 Å². The number of aryl methyl sites for hydroxylation is 1. The normalized spacial score (nSPS) is 12.6. The predicted octanol–water partition coefficient (Wildman–Crippen LogP) is 6.89. The van der Waals surface area contributed by atoms with Gasteiger partial charge in [-0.1, -0.05) is 70.0 Å². The second-order valence-corrected chi connectivity index (χ2v) is 6.75. The Morgan fingerprint density at radius 1 is 0.952 bits per heavy atom. The zero-order valence-corrected chi connectivity index (χ0v) is 14.5. The van der Waals surface area contributed by atoms with Gasteiger partial charge in [-0.2, -0.15) is 0 Å². The van der Waals surface area contributed by atoms with E-state index in [9.17, 15) is 0 Å². The van der Waals surface area contributed by atoms with Gasteiger partial charge in [0.1, 0.15) is 0 Å². The van der Waals surface area contributed by atoms with Crippen LogP contribution in [-0.2, 0) is 0 Å². The molecule has 3 rings (SSSR count). The minimum atomic E-state index is -0.195. The summed E-state index contributed by atoms with van der Waals surface area (Å²) in [4.78, 5) is 0. The van der Waals surface area contributed by atoms with E-state index < -0.39 is 0 Å². The van der Waals surface area contributed by atoms with E-state index in [1.54, 1.807) is 0 Å². The quantitative estimate of drug-likeness (QED) is 0.425. The minimum absolute atomic E-state index is 0.195. The summed E-state index contributed by atoms with van der Waals surface area (Å²) >= 11 is 16.5. The summed E-state index contributed by atoms with van der Waals surface area (Å²) < 4.78 is 1.09. The fraction of sp³-hybridized carbons (Fsp3) is 0.111. The Labute approximate surface area is 142 Å². The van der Waals surface area contributed by atoms with Crippen molar-refractivity contribution in [3.8, 4) is 0 Å². The van der Waals surface area contributed by atoms with Crippen molar-refractivity contribution < 1.29 is 0 Å². The smallest absolute Gasteiger partial charge is 0.0841 e. The van der Waals surface area contributed by atoms with Gasteiger partial charge in [-0.15, -0.1) is 11.6 Å². The van der Waals surface area contributed by atoms with E-state index in [2.05, 4.69) is 41.1 Å². The highest BCUT2D eigenvalue weighted by atomic mass is 79.9. The molecule has 0 nitrogen and oxygen atoms in total. The summed E-state index contributed by atoms with van der Waals surface area (Å²) in [6.45, 7) is 2.07. The maximum Gasteiger partial charge on any atom is 0.0841 e. The third kappa shape index (κ3) is 2.83. The molecule has 0 saturated carbocycles. The van der Waals surface area contributed by atoms with Crippen molar-refractivity contribution in [2.24, 2.45) is 0 Å². The minimum Gasteiger partial charge on any atom is -0.113 e. The van der Waals surface area contributed by atoms with Crippen LogP contribution >= 0.6 is 39.1 Å². The van der Waals surface area contributed by atoms with Crippen LogP contribution in [0.4, 0.5) is 0 Å². The molecule has 0 heterocycles. The Morgan fingerprint density at radius 2 is 1.67 bits per heavy atom. The number of alkyl halides is 1. The lowest BCUT2D eigenvalue weighted by molar-refractivity contribution is 1.15. The van der Waals surface area contributed by atoms with Crippen LogP contribution in [0, 0.1) is 6.92 Å². The van der Waals surface area contributed by atoms with Crippen LogP contribution in [0.2, 0.25) is 5.02 Å². The molecule has 1 atom stereocenters. The van der Waals surface area contributed by atoms with Gasteiger partial charge in [0.05, 0.1) is 5.38 Å². The van der Waals surface area contributed by atoms with E-state index in [4.69, 9.17) is 23.2 Å². The van der Waals surface area contributed by atoms with Crippen molar-refractivity contribution in [1.29, 1.82) is 0 Å². The van der Waals surface area contributed by atoms with Gasteiger partial charge in [0.2, 0.25) is 0 Å². The average Bonchev–Trinajstić information content (AvgIpc) is 2.50. The maximum absolute atomic E-state index is 6.73. The zero-order chi connectivity index (χ0) is 15.0. The fourth-order valence-corrected chi connectivity index (χ4v) is 3.31. The highest BCUT2D eigenvalue weighted by Gasteiger charge is 2.15. The van der Waals surface area contributed by atoms with Crippen molar-refractivity contribution in [2.45, 2.75) is 12.3 Å². The molecule has 0 saturated heterocycles. The summed E-state index contributed by atoms with van der Waals surface area (Å²) in [5.41, 5.74) is 3.35. The third-order valence-corrected chi connectivity index (χ3v) is 5.36. The molecule has 0 bridgehead atoms. The Balaban J connectivity index is 2.15. The molecule has 0 aliphatic carbocycles. The molecule has 0 spiro atoms. The van der Waals surface area contributed by atoms with Crippen LogP contribution in [0.25, 0.3) is 10.8 Å². The molecule has 0 amide bonds. The van der Waals surface area contributed by atoms with Crippen molar-refractivity contribution in [3.63, 3.8) is 0 Å². The number of hydrogen-bond donors (Lipinski definition) is 0. The summed E-state index contributed by atoms with van der Waals surface area (Å²) in [7, 11) is 0. The molecule has 0 radical (unpaired) electrons. The number of hydrogen-bond acceptors (Lipinski definition) is 0. The van der Waals surface area contributed by atoms with E-state index in [1.807, 2.05) is 36.4 Å². The van der Waals surface area contributed by atoms with Gasteiger partial charge < -0.3 is 0 Å². The predicted molar refractivity (Wildman–Crippen MR) is 95.5 cm³/mol. The lowest BCUT2D eigenvalue weighted by atomic mass is 9.97.